The highest BCUT2D eigenvalue weighted by molar-refractivity contribution is 6.32. The fraction of sp³-hybridized carbons (Fsp3) is 0.421. The molecule has 3 rings (SSSR count). The van der Waals surface area contributed by atoms with Crippen molar-refractivity contribution in [3.63, 3.8) is 0 Å². The SMILES string of the molecule is CC(NC(=O)C1CCN(C(=O)/C=C/c2cc3c(cc2Cl)OCO3)CC1)C(=O)O. The first-order chi connectivity index (χ1) is 13.3. The van der Waals surface area contributed by atoms with E-state index in [2.05, 4.69) is 5.32 Å². The summed E-state index contributed by atoms with van der Waals surface area (Å²) in [5.74, 6) is -0.674. The molecule has 1 aromatic carbocycles. The van der Waals surface area contributed by atoms with Crippen LogP contribution in [0.15, 0.2) is 18.2 Å². The van der Waals surface area contributed by atoms with Gasteiger partial charge in [-0.25, -0.2) is 0 Å². The van der Waals surface area contributed by atoms with Crippen LogP contribution in [0.2, 0.25) is 5.02 Å². The Labute approximate surface area is 167 Å². The zero-order valence-corrected chi connectivity index (χ0v) is 16.1. The Morgan fingerprint density at radius 3 is 2.54 bits per heavy atom. The van der Waals surface area contributed by atoms with Gasteiger partial charge in [0.25, 0.3) is 0 Å². The summed E-state index contributed by atoms with van der Waals surface area (Å²) in [5, 5.41) is 11.8. The number of carboxylic acid groups (broad SMARTS) is 1. The van der Waals surface area contributed by atoms with Crippen LogP contribution in [0, 0.1) is 5.92 Å². The minimum Gasteiger partial charge on any atom is -0.480 e. The molecule has 0 saturated carbocycles. The van der Waals surface area contributed by atoms with Crippen molar-refractivity contribution in [2.45, 2.75) is 25.8 Å². The third-order valence-corrected chi connectivity index (χ3v) is 5.13. The molecule has 1 saturated heterocycles. The fourth-order valence-corrected chi connectivity index (χ4v) is 3.30. The van der Waals surface area contributed by atoms with Crippen LogP contribution in [-0.2, 0) is 14.4 Å². The van der Waals surface area contributed by atoms with Crippen molar-refractivity contribution >= 4 is 35.5 Å². The first-order valence-corrected chi connectivity index (χ1v) is 9.32. The average molecular weight is 409 g/mol. The van der Waals surface area contributed by atoms with Gasteiger partial charge in [-0.3, -0.25) is 14.4 Å². The highest BCUT2D eigenvalue weighted by Gasteiger charge is 2.28. The Morgan fingerprint density at radius 2 is 1.89 bits per heavy atom. The van der Waals surface area contributed by atoms with E-state index < -0.39 is 12.0 Å². The molecule has 0 spiro atoms. The van der Waals surface area contributed by atoms with Gasteiger partial charge in [-0.05, 0) is 37.5 Å². The number of fused-ring (bicyclic) bond motifs is 1. The topological polar surface area (TPSA) is 105 Å². The Kier molecular flexibility index (Phi) is 6.08. The summed E-state index contributed by atoms with van der Waals surface area (Å²) in [7, 11) is 0. The van der Waals surface area contributed by atoms with Crippen LogP contribution in [0.3, 0.4) is 0 Å². The van der Waals surface area contributed by atoms with E-state index in [1.165, 1.54) is 13.0 Å². The highest BCUT2D eigenvalue weighted by atomic mass is 35.5. The van der Waals surface area contributed by atoms with E-state index >= 15 is 0 Å². The maximum absolute atomic E-state index is 12.4. The van der Waals surface area contributed by atoms with E-state index in [9.17, 15) is 14.4 Å². The number of nitrogens with one attached hydrogen (secondary N) is 1. The van der Waals surface area contributed by atoms with Gasteiger partial charge in [0.05, 0.1) is 5.02 Å². The number of rotatable bonds is 5. The molecule has 0 radical (unpaired) electrons. The maximum atomic E-state index is 12.4. The van der Waals surface area contributed by atoms with E-state index in [4.69, 9.17) is 26.2 Å². The second kappa shape index (κ2) is 8.52. The van der Waals surface area contributed by atoms with Gasteiger partial charge in [0.15, 0.2) is 11.5 Å². The predicted molar refractivity (Wildman–Crippen MR) is 101 cm³/mol. The Balaban J connectivity index is 1.54. The third kappa shape index (κ3) is 4.56. The molecule has 1 unspecified atom stereocenters. The van der Waals surface area contributed by atoms with Gasteiger partial charge in [-0.1, -0.05) is 11.6 Å². The second-order valence-electron chi connectivity index (χ2n) is 6.73. The Bertz CT molecular complexity index is 817. The van der Waals surface area contributed by atoms with Crippen LogP contribution in [0.5, 0.6) is 11.5 Å². The van der Waals surface area contributed by atoms with Gasteiger partial charge < -0.3 is 24.8 Å². The average Bonchev–Trinajstić information content (AvgIpc) is 3.12. The van der Waals surface area contributed by atoms with E-state index in [1.807, 2.05) is 0 Å². The summed E-state index contributed by atoms with van der Waals surface area (Å²) in [4.78, 5) is 37.0. The van der Waals surface area contributed by atoms with E-state index in [0.29, 0.717) is 48.0 Å². The lowest BCUT2D eigenvalue weighted by Gasteiger charge is -2.31. The smallest absolute Gasteiger partial charge is 0.325 e. The summed E-state index contributed by atoms with van der Waals surface area (Å²) < 4.78 is 10.6. The molecule has 0 aromatic heterocycles. The van der Waals surface area contributed by atoms with Gasteiger partial charge in [0.2, 0.25) is 18.6 Å². The lowest BCUT2D eigenvalue weighted by Crippen LogP contribution is -2.46. The molecular formula is C19H21ClN2O6. The number of hydrogen-bond acceptors (Lipinski definition) is 5. The lowest BCUT2D eigenvalue weighted by molar-refractivity contribution is -0.142. The molecule has 1 fully saturated rings. The standard InChI is InChI=1S/C19H21ClN2O6/c1-11(19(25)26)21-18(24)12-4-6-22(7-5-12)17(23)3-2-13-8-15-16(9-14(13)20)28-10-27-15/h2-3,8-9,11-12H,4-7,10H2,1H3,(H,21,24)(H,25,26)/b3-2+. The van der Waals surface area contributed by atoms with E-state index in [-0.39, 0.29) is 24.5 Å². The minimum absolute atomic E-state index is 0.144. The summed E-state index contributed by atoms with van der Waals surface area (Å²) in [5.41, 5.74) is 0.649. The molecular weight excluding hydrogens is 388 g/mol. The van der Waals surface area contributed by atoms with Crippen molar-refractivity contribution in [1.29, 1.82) is 0 Å². The van der Waals surface area contributed by atoms with Crippen LogP contribution < -0.4 is 14.8 Å². The fourth-order valence-electron chi connectivity index (χ4n) is 3.08. The highest BCUT2D eigenvalue weighted by Crippen LogP contribution is 2.37. The van der Waals surface area contributed by atoms with E-state index in [1.54, 1.807) is 23.1 Å². The Morgan fingerprint density at radius 1 is 1.25 bits per heavy atom. The van der Waals surface area contributed by atoms with Crippen molar-refractivity contribution in [2.75, 3.05) is 19.9 Å². The van der Waals surface area contributed by atoms with Gasteiger partial charge >= 0.3 is 5.97 Å². The predicted octanol–water partition coefficient (Wildman–Crippen LogP) is 1.91. The number of aliphatic carboxylic acids is 1. The number of benzene rings is 1. The van der Waals surface area contributed by atoms with Crippen LogP contribution >= 0.6 is 11.6 Å². The molecule has 1 aromatic rings. The molecule has 2 N–H and O–H groups in total. The normalized spacial score (nSPS) is 17.6. The number of carboxylic acids is 1. The quantitative estimate of drug-likeness (QED) is 0.721. The summed E-state index contributed by atoms with van der Waals surface area (Å²) in [6.45, 7) is 2.42. The van der Waals surface area contributed by atoms with Crippen molar-refractivity contribution in [2.24, 2.45) is 5.92 Å². The number of halogens is 1. The zero-order valence-electron chi connectivity index (χ0n) is 15.3. The molecule has 2 amide bonds. The number of amides is 2. The van der Waals surface area contributed by atoms with Gasteiger partial charge in [-0.2, -0.15) is 0 Å². The second-order valence-corrected chi connectivity index (χ2v) is 7.14. The molecule has 8 nitrogen and oxygen atoms in total. The summed E-state index contributed by atoms with van der Waals surface area (Å²) >= 11 is 6.20. The van der Waals surface area contributed by atoms with Gasteiger partial charge in [0.1, 0.15) is 6.04 Å². The van der Waals surface area contributed by atoms with Gasteiger partial charge in [-0.15, -0.1) is 0 Å². The first kappa shape index (κ1) is 20.0. The molecule has 2 aliphatic rings. The third-order valence-electron chi connectivity index (χ3n) is 4.80. The summed E-state index contributed by atoms with van der Waals surface area (Å²) in [6, 6.07) is 2.44. The zero-order chi connectivity index (χ0) is 20.3. The largest absolute Gasteiger partial charge is 0.480 e. The lowest BCUT2D eigenvalue weighted by atomic mass is 9.95. The Hall–Kier alpha value is -2.74. The van der Waals surface area contributed by atoms with Crippen molar-refractivity contribution < 1.29 is 29.0 Å². The van der Waals surface area contributed by atoms with Gasteiger partial charge in [0, 0.05) is 31.1 Å². The molecule has 28 heavy (non-hydrogen) atoms. The maximum Gasteiger partial charge on any atom is 0.325 e. The molecule has 150 valence electrons. The van der Waals surface area contributed by atoms with E-state index in [0.717, 1.165) is 0 Å². The summed E-state index contributed by atoms with van der Waals surface area (Å²) in [6.07, 6.45) is 4.04. The molecule has 2 heterocycles. The van der Waals surface area contributed by atoms with Crippen molar-refractivity contribution in [3.8, 4) is 11.5 Å². The number of ether oxygens (including phenoxy) is 2. The number of likely N-dealkylation sites (tertiary alicyclic amines) is 1. The van der Waals surface area contributed by atoms with Crippen LogP contribution in [0.25, 0.3) is 6.08 Å². The number of nitrogens with zero attached hydrogens (tertiary/aromatic N) is 1. The van der Waals surface area contributed by atoms with Crippen LogP contribution in [-0.4, -0.2) is 53.7 Å². The molecule has 0 aliphatic carbocycles. The van der Waals surface area contributed by atoms with Crippen LogP contribution in [0.1, 0.15) is 25.3 Å². The first-order valence-electron chi connectivity index (χ1n) is 8.94. The number of carbonyl (C=O) groups is 3. The number of piperidine rings is 1. The number of hydrogen-bond donors (Lipinski definition) is 2. The van der Waals surface area contributed by atoms with Crippen LogP contribution in [0.4, 0.5) is 0 Å². The molecule has 2 aliphatic heterocycles. The molecule has 1 atom stereocenters. The number of carbonyl (C=O) groups excluding carboxylic acids is 2. The van der Waals surface area contributed by atoms with Crippen molar-refractivity contribution in [1.82, 2.24) is 10.2 Å². The monoisotopic (exact) mass is 408 g/mol. The van der Waals surface area contributed by atoms with Crippen molar-refractivity contribution in [3.05, 3.63) is 28.8 Å². The minimum atomic E-state index is -1.08. The molecule has 9 heteroatoms. The molecule has 0 bridgehead atoms.